The fourth-order valence-electron chi connectivity index (χ4n) is 2.75. The Bertz CT molecular complexity index is 430. The molecule has 3 nitrogen and oxygen atoms in total. The summed E-state index contributed by atoms with van der Waals surface area (Å²) in [6, 6.07) is 6.26. The molecule has 2 rings (SSSR count). The lowest BCUT2D eigenvalue weighted by Crippen LogP contribution is -2.51. The fourth-order valence-corrected chi connectivity index (χ4v) is 2.75. The Kier molecular flexibility index (Phi) is 4.53. The number of hydrogen-bond acceptors (Lipinski definition) is 2. The van der Waals surface area contributed by atoms with E-state index in [-0.39, 0.29) is 17.8 Å². The van der Waals surface area contributed by atoms with Crippen LogP contribution in [0.2, 0.25) is 0 Å². The van der Waals surface area contributed by atoms with Crippen molar-refractivity contribution in [2.24, 2.45) is 0 Å². The van der Waals surface area contributed by atoms with Gasteiger partial charge in [-0.25, -0.2) is 4.39 Å². The number of carbonyl (C=O) groups is 1. The van der Waals surface area contributed by atoms with Crippen LogP contribution < -0.4 is 5.32 Å². The molecule has 0 saturated heterocycles. The van der Waals surface area contributed by atoms with Gasteiger partial charge in [-0.15, -0.1) is 0 Å². The number of halogens is 1. The molecule has 0 aromatic heterocycles. The number of rotatable bonds is 3. The van der Waals surface area contributed by atoms with E-state index < -0.39 is 0 Å². The molecule has 19 heavy (non-hydrogen) atoms. The third-order valence-corrected chi connectivity index (χ3v) is 3.82. The van der Waals surface area contributed by atoms with Crippen LogP contribution in [0, 0.1) is 5.82 Å². The number of amides is 1. The monoisotopic (exact) mass is 264 g/mol. The highest BCUT2D eigenvalue weighted by Crippen LogP contribution is 2.22. The molecule has 1 N–H and O–H groups in total. The van der Waals surface area contributed by atoms with Gasteiger partial charge < -0.3 is 10.2 Å². The first-order valence-corrected chi connectivity index (χ1v) is 6.81. The summed E-state index contributed by atoms with van der Waals surface area (Å²) in [6.45, 7) is 0. The number of carbonyl (C=O) groups excluding carboxylic acids is 1. The molecule has 1 fully saturated rings. The highest BCUT2D eigenvalue weighted by atomic mass is 19.1. The van der Waals surface area contributed by atoms with Gasteiger partial charge in [0.2, 0.25) is 0 Å². The van der Waals surface area contributed by atoms with Crippen LogP contribution in [-0.4, -0.2) is 37.0 Å². The average molecular weight is 264 g/mol. The summed E-state index contributed by atoms with van der Waals surface area (Å²) in [6.07, 6.45) is 4.49. The highest BCUT2D eigenvalue weighted by molar-refractivity contribution is 5.94. The molecule has 0 unspecified atom stereocenters. The van der Waals surface area contributed by atoms with Gasteiger partial charge in [-0.3, -0.25) is 4.79 Å². The largest absolute Gasteiger partial charge is 0.348 e. The van der Waals surface area contributed by atoms with E-state index in [1.165, 1.54) is 30.7 Å². The molecular formula is C15H21FN2O. The molecule has 1 saturated carbocycles. The van der Waals surface area contributed by atoms with Crippen molar-refractivity contribution in [3.63, 3.8) is 0 Å². The van der Waals surface area contributed by atoms with E-state index in [1.807, 2.05) is 14.1 Å². The van der Waals surface area contributed by atoms with Crippen LogP contribution in [0.25, 0.3) is 0 Å². The molecule has 1 aliphatic rings. The predicted octanol–water partition coefficient (Wildman–Crippen LogP) is 2.43. The van der Waals surface area contributed by atoms with Crippen LogP contribution in [0.1, 0.15) is 36.0 Å². The minimum absolute atomic E-state index is 0.112. The lowest BCUT2D eigenvalue weighted by Gasteiger charge is -2.36. The molecule has 1 aromatic carbocycles. The van der Waals surface area contributed by atoms with E-state index in [2.05, 4.69) is 10.2 Å². The van der Waals surface area contributed by atoms with E-state index in [4.69, 9.17) is 0 Å². The standard InChI is InChI=1S/C15H21FN2O/c1-18(2)14-6-4-3-5-13(14)17-15(19)11-7-9-12(16)10-8-11/h7-10,13-14H,3-6H2,1-2H3,(H,17,19)/t13-,14-/m1/s1. The minimum Gasteiger partial charge on any atom is -0.348 e. The van der Waals surface area contributed by atoms with Crippen LogP contribution in [0.4, 0.5) is 4.39 Å². The number of benzene rings is 1. The summed E-state index contributed by atoms with van der Waals surface area (Å²) in [4.78, 5) is 14.3. The molecule has 0 radical (unpaired) electrons. The van der Waals surface area contributed by atoms with Gasteiger partial charge in [-0.05, 0) is 51.2 Å². The third kappa shape index (κ3) is 3.53. The Balaban J connectivity index is 2.02. The fraction of sp³-hybridized carbons (Fsp3) is 0.533. The second-order valence-electron chi connectivity index (χ2n) is 5.40. The number of nitrogens with one attached hydrogen (secondary N) is 1. The summed E-state index contributed by atoms with van der Waals surface area (Å²) < 4.78 is 12.8. The molecule has 104 valence electrons. The van der Waals surface area contributed by atoms with Crippen molar-refractivity contribution in [2.75, 3.05) is 14.1 Å². The van der Waals surface area contributed by atoms with Crippen molar-refractivity contribution >= 4 is 5.91 Å². The SMILES string of the molecule is CN(C)[C@@H]1CCCC[C@H]1NC(=O)c1ccc(F)cc1. The summed E-state index contributed by atoms with van der Waals surface area (Å²) in [5.41, 5.74) is 0.518. The maximum atomic E-state index is 12.8. The van der Waals surface area contributed by atoms with Gasteiger partial charge in [-0.1, -0.05) is 12.8 Å². The minimum atomic E-state index is -0.319. The summed E-state index contributed by atoms with van der Waals surface area (Å²) in [5, 5.41) is 3.08. The second kappa shape index (κ2) is 6.15. The lowest BCUT2D eigenvalue weighted by molar-refractivity contribution is 0.0883. The van der Waals surface area contributed by atoms with Gasteiger partial charge in [0.15, 0.2) is 0 Å². The van der Waals surface area contributed by atoms with Gasteiger partial charge in [0.25, 0.3) is 5.91 Å². The van der Waals surface area contributed by atoms with E-state index >= 15 is 0 Å². The Morgan fingerprint density at radius 2 is 1.84 bits per heavy atom. The topological polar surface area (TPSA) is 32.3 Å². The molecule has 0 heterocycles. The highest BCUT2D eigenvalue weighted by Gasteiger charge is 2.28. The molecule has 0 aliphatic heterocycles. The normalized spacial score (nSPS) is 23.4. The number of hydrogen-bond donors (Lipinski definition) is 1. The van der Waals surface area contributed by atoms with Gasteiger partial charge >= 0.3 is 0 Å². The van der Waals surface area contributed by atoms with Crippen molar-refractivity contribution < 1.29 is 9.18 Å². The molecular weight excluding hydrogens is 243 g/mol. The van der Waals surface area contributed by atoms with E-state index in [0.29, 0.717) is 11.6 Å². The zero-order valence-corrected chi connectivity index (χ0v) is 11.5. The molecule has 0 spiro atoms. The van der Waals surface area contributed by atoms with Crippen LogP contribution in [0.15, 0.2) is 24.3 Å². The molecule has 1 aliphatic carbocycles. The van der Waals surface area contributed by atoms with Crippen LogP contribution >= 0.6 is 0 Å². The maximum absolute atomic E-state index is 12.8. The Morgan fingerprint density at radius 3 is 2.47 bits per heavy atom. The van der Waals surface area contributed by atoms with Gasteiger partial charge in [0.1, 0.15) is 5.82 Å². The van der Waals surface area contributed by atoms with Crippen molar-refractivity contribution in [1.82, 2.24) is 10.2 Å². The summed E-state index contributed by atoms with van der Waals surface area (Å²) in [5.74, 6) is -0.431. The zero-order chi connectivity index (χ0) is 13.8. The first-order chi connectivity index (χ1) is 9.08. The molecule has 4 heteroatoms. The van der Waals surface area contributed by atoms with Gasteiger partial charge in [0, 0.05) is 17.6 Å². The van der Waals surface area contributed by atoms with E-state index in [9.17, 15) is 9.18 Å². The first-order valence-electron chi connectivity index (χ1n) is 6.81. The smallest absolute Gasteiger partial charge is 0.251 e. The molecule has 1 aromatic rings. The van der Waals surface area contributed by atoms with E-state index in [1.54, 1.807) is 0 Å². The quantitative estimate of drug-likeness (QED) is 0.909. The third-order valence-electron chi connectivity index (χ3n) is 3.82. The summed E-state index contributed by atoms with van der Waals surface area (Å²) >= 11 is 0. The van der Waals surface area contributed by atoms with Crippen LogP contribution in [0.5, 0.6) is 0 Å². The summed E-state index contributed by atoms with van der Waals surface area (Å²) in [7, 11) is 4.10. The maximum Gasteiger partial charge on any atom is 0.251 e. The van der Waals surface area contributed by atoms with Crippen molar-refractivity contribution in [3.05, 3.63) is 35.6 Å². The Hall–Kier alpha value is -1.42. The Labute approximate surface area is 113 Å². The van der Waals surface area contributed by atoms with Gasteiger partial charge in [-0.2, -0.15) is 0 Å². The average Bonchev–Trinajstić information content (AvgIpc) is 2.39. The lowest BCUT2D eigenvalue weighted by atomic mass is 9.89. The molecule has 0 bridgehead atoms. The zero-order valence-electron chi connectivity index (χ0n) is 11.5. The van der Waals surface area contributed by atoms with Crippen LogP contribution in [0.3, 0.4) is 0 Å². The molecule has 2 atom stereocenters. The van der Waals surface area contributed by atoms with Crippen molar-refractivity contribution in [1.29, 1.82) is 0 Å². The second-order valence-corrected chi connectivity index (χ2v) is 5.40. The van der Waals surface area contributed by atoms with Crippen molar-refractivity contribution in [3.8, 4) is 0 Å². The van der Waals surface area contributed by atoms with E-state index in [0.717, 1.165) is 19.3 Å². The van der Waals surface area contributed by atoms with Crippen molar-refractivity contribution in [2.45, 2.75) is 37.8 Å². The molecule has 1 amide bonds. The van der Waals surface area contributed by atoms with Gasteiger partial charge in [0.05, 0.1) is 0 Å². The number of likely N-dealkylation sites (N-methyl/N-ethyl adjacent to an activating group) is 1. The first kappa shape index (κ1) is 14.0. The Morgan fingerprint density at radius 1 is 1.21 bits per heavy atom. The van der Waals surface area contributed by atoms with Crippen LogP contribution in [-0.2, 0) is 0 Å². The number of nitrogens with zero attached hydrogens (tertiary/aromatic N) is 1. The predicted molar refractivity (Wildman–Crippen MR) is 73.6 cm³/mol.